The van der Waals surface area contributed by atoms with E-state index in [1.54, 1.807) is 48.5 Å². The van der Waals surface area contributed by atoms with Gasteiger partial charge in [0.1, 0.15) is 11.5 Å². The van der Waals surface area contributed by atoms with E-state index in [1.807, 2.05) is 0 Å². The molecule has 2 rings (SSSR count). The third-order valence-corrected chi connectivity index (χ3v) is 2.98. The number of phenolic OH excluding ortho intramolecular Hbond substituents is 2. The molecule has 18 heavy (non-hydrogen) atoms. The molecule has 0 amide bonds. The first-order valence-electron chi connectivity index (χ1n) is 5.68. The summed E-state index contributed by atoms with van der Waals surface area (Å²) < 4.78 is 0. The van der Waals surface area contributed by atoms with Crippen LogP contribution in [0.2, 0.25) is 0 Å². The molecule has 2 unspecified atom stereocenters. The first kappa shape index (κ1) is 12.4. The van der Waals surface area contributed by atoms with Crippen LogP contribution in [-0.2, 0) is 0 Å². The lowest BCUT2D eigenvalue weighted by molar-refractivity contribution is 0.436. The summed E-state index contributed by atoms with van der Waals surface area (Å²) in [5.41, 5.74) is 13.2. The number of benzene rings is 2. The highest BCUT2D eigenvalue weighted by atomic mass is 16.3. The summed E-state index contributed by atoms with van der Waals surface area (Å²) in [6.45, 7) is 0. The Kier molecular flexibility index (Phi) is 3.50. The molecular formula is C14H16N2O2. The molecule has 0 aliphatic heterocycles. The van der Waals surface area contributed by atoms with Crippen molar-refractivity contribution in [3.05, 3.63) is 59.7 Å². The number of rotatable bonds is 3. The van der Waals surface area contributed by atoms with Gasteiger partial charge >= 0.3 is 0 Å². The summed E-state index contributed by atoms with van der Waals surface area (Å²) in [7, 11) is 0. The van der Waals surface area contributed by atoms with Gasteiger partial charge in [0, 0.05) is 11.1 Å². The number of phenols is 2. The standard InChI is InChI=1S/C14H16N2O2/c15-13(9-5-1-3-7-11(9)17)14(16)10-6-2-4-8-12(10)18/h1-8,13-14,17-18H,15-16H2. The van der Waals surface area contributed by atoms with Crippen LogP contribution in [0.4, 0.5) is 0 Å². The summed E-state index contributed by atoms with van der Waals surface area (Å²) in [4.78, 5) is 0. The smallest absolute Gasteiger partial charge is 0.120 e. The Morgan fingerprint density at radius 3 is 1.33 bits per heavy atom. The van der Waals surface area contributed by atoms with Crippen molar-refractivity contribution in [3.63, 3.8) is 0 Å². The molecule has 0 bridgehead atoms. The van der Waals surface area contributed by atoms with E-state index in [0.29, 0.717) is 11.1 Å². The number of hydrogen-bond donors (Lipinski definition) is 4. The average Bonchev–Trinajstić information content (AvgIpc) is 2.38. The number of aromatic hydroxyl groups is 2. The molecule has 2 aromatic rings. The molecular weight excluding hydrogens is 228 g/mol. The van der Waals surface area contributed by atoms with Crippen LogP contribution in [-0.4, -0.2) is 10.2 Å². The molecule has 0 aromatic heterocycles. The van der Waals surface area contributed by atoms with E-state index in [2.05, 4.69) is 0 Å². The summed E-state index contributed by atoms with van der Waals surface area (Å²) in [5.74, 6) is 0.215. The number of hydrogen-bond acceptors (Lipinski definition) is 4. The topological polar surface area (TPSA) is 92.5 Å². The zero-order valence-corrected chi connectivity index (χ0v) is 9.82. The van der Waals surface area contributed by atoms with Crippen LogP contribution in [0.25, 0.3) is 0 Å². The van der Waals surface area contributed by atoms with Crippen LogP contribution < -0.4 is 11.5 Å². The molecule has 0 radical (unpaired) electrons. The maximum Gasteiger partial charge on any atom is 0.120 e. The lowest BCUT2D eigenvalue weighted by atomic mass is 9.94. The van der Waals surface area contributed by atoms with Gasteiger partial charge in [-0.05, 0) is 12.1 Å². The maximum atomic E-state index is 9.75. The molecule has 0 fully saturated rings. The lowest BCUT2D eigenvalue weighted by Gasteiger charge is -2.22. The van der Waals surface area contributed by atoms with Crippen molar-refractivity contribution in [3.8, 4) is 11.5 Å². The molecule has 0 aliphatic rings. The molecule has 0 saturated carbocycles. The van der Waals surface area contributed by atoms with Gasteiger partial charge < -0.3 is 21.7 Å². The van der Waals surface area contributed by atoms with Crippen LogP contribution in [0.5, 0.6) is 11.5 Å². The highest BCUT2D eigenvalue weighted by Crippen LogP contribution is 2.33. The number of para-hydroxylation sites is 2. The van der Waals surface area contributed by atoms with Crippen molar-refractivity contribution in [2.75, 3.05) is 0 Å². The predicted molar refractivity (Wildman–Crippen MR) is 70.1 cm³/mol. The van der Waals surface area contributed by atoms with E-state index in [0.717, 1.165) is 0 Å². The zero-order valence-electron chi connectivity index (χ0n) is 9.82. The first-order chi connectivity index (χ1) is 8.61. The van der Waals surface area contributed by atoms with Gasteiger partial charge in [-0.2, -0.15) is 0 Å². The molecule has 4 nitrogen and oxygen atoms in total. The third kappa shape index (κ3) is 2.30. The van der Waals surface area contributed by atoms with Gasteiger partial charge in [0.05, 0.1) is 12.1 Å². The highest BCUT2D eigenvalue weighted by Gasteiger charge is 2.21. The van der Waals surface area contributed by atoms with E-state index < -0.39 is 12.1 Å². The third-order valence-electron chi connectivity index (χ3n) is 2.98. The van der Waals surface area contributed by atoms with Gasteiger partial charge in [0.2, 0.25) is 0 Å². The highest BCUT2D eigenvalue weighted by molar-refractivity contribution is 5.40. The van der Waals surface area contributed by atoms with Crippen LogP contribution in [0.15, 0.2) is 48.5 Å². The van der Waals surface area contributed by atoms with Crippen LogP contribution in [0.1, 0.15) is 23.2 Å². The summed E-state index contributed by atoms with van der Waals surface area (Å²) in [5, 5.41) is 19.5. The molecule has 0 spiro atoms. The average molecular weight is 244 g/mol. The van der Waals surface area contributed by atoms with E-state index in [-0.39, 0.29) is 11.5 Å². The zero-order chi connectivity index (χ0) is 13.1. The quantitative estimate of drug-likeness (QED) is 0.662. The fraction of sp³-hybridized carbons (Fsp3) is 0.143. The summed E-state index contributed by atoms with van der Waals surface area (Å²) >= 11 is 0. The molecule has 4 heteroatoms. The minimum absolute atomic E-state index is 0.107. The fourth-order valence-corrected chi connectivity index (χ4v) is 1.93. The molecule has 2 aromatic carbocycles. The second-order valence-corrected chi connectivity index (χ2v) is 4.17. The molecule has 2 atom stereocenters. The molecule has 0 aliphatic carbocycles. The van der Waals surface area contributed by atoms with Crippen molar-refractivity contribution < 1.29 is 10.2 Å². The Balaban J connectivity index is 2.33. The van der Waals surface area contributed by atoms with E-state index in [9.17, 15) is 10.2 Å². The van der Waals surface area contributed by atoms with Gasteiger partial charge in [-0.15, -0.1) is 0 Å². The Morgan fingerprint density at radius 1 is 0.667 bits per heavy atom. The largest absolute Gasteiger partial charge is 0.508 e. The minimum Gasteiger partial charge on any atom is -0.508 e. The van der Waals surface area contributed by atoms with Crippen LogP contribution in [0.3, 0.4) is 0 Å². The fourth-order valence-electron chi connectivity index (χ4n) is 1.93. The van der Waals surface area contributed by atoms with Gasteiger partial charge in [0.25, 0.3) is 0 Å². The monoisotopic (exact) mass is 244 g/mol. The molecule has 0 saturated heterocycles. The predicted octanol–water partition coefficient (Wildman–Crippen LogP) is 1.80. The van der Waals surface area contributed by atoms with Crippen molar-refractivity contribution in [2.24, 2.45) is 11.5 Å². The van der Waals surface area contributed by atoms with Gasteiger partial charge in [-0.1, -0.05) is 36.4 Å². The lowest BCUT2D eigenvalue weighted by Crippen LogP contribution is -2.26. The van der Waals surface area contributed by atoms with Crippen LogP contribution >= 0.6 is 0 Å². The van der Waals surface area contributed by atoms with Crippen molar-refractivity contribution in [1.29, 1.82) is 0 Å². The van der Waals surface area contributed by atoms with E-state index in [1.165, 1.54) is 0 Å². The first-order valence-corrected chi connectivity index (χ1v) is 5.68. The Labute approximate surface area is 105 Å². The Morgan fingerprint density at radius 2 is 1.00 bits per heavy atom. The summed E-state index contributed by atoms with van der Waals surface area (Å²) in [6.07, 6.45) is 0. The van der Waals surface area contributed by atoms with Gasteiger partial charge in [0.15, 0.2) is 0 Å². The van der Waals surface area contributed by atoms with Gasteiger partial charge in [-0.25, -0.2) is 0 Å². The summed E-state index contributed by atoms with van der Waals surface area (Å²) in [6, 6.07) is 12.4. The van der Waals surface area contributed by atoms with Crippen LogP contribution in [0, 0.1) is 0 Å². The van der Waals surface area contributed by atoms with Crippen molar-refractivity contribution in [2.45, 2.75) is 12.1 Å². The minimum atomic E-state index is -0.584. The SMILES string of the molecule is NC(c1ccccc1O)C(N)c1ccccc1O. The maximum absolute atomic E-state index is 9.75. The Bertz CT molecular complexity index is 493. The second-order valence-electron chi connectivity index (χ2n) is 4.17. The van der Waals surface area contributed by atoms with E-state index >= 15 is 0 Å². The Hall–Kier alpha value is -2.04. The second kappa shape index (κ2) is 5.08. The normalized spacial score (nSPS) is 14.1. The molecule has 6 N–H and O–H groups in total. The van der Waals surface area contributed by atoms with E-state index in [4.69, 9.17) is 11.5 Å². The number of nitrogens with two attached hydrogens (primary N) is 2. The van der Waals surface area contributed by atoms with Gasteiger partial charge in [-0.3, -0.25) is 0 Å². The molecule has 0 heterocycles. The molecule has 94 valence electrons. The van der Waals surface area contributed by atoms with Crippen molar-refractivity contribution in [1.82, 2.24) is 0 Å². The van der Waals surface area contributed by atoms with Crippen molar-refractivity contribution >= 4 is 0 Å².